The van der Waals surface area contributed by atoms with Gasteiger partial charge in [-0.25, -0.2) is 4.98 Å². The molecule has 1 aliphatic rings. The third-order valence-electron chi connectivity index (χ3n) is 4.66. The maximum absolute atomic E-state index is 11.5. The number of hydrogen-bond acceptors (Lipinski definition) is 3. The van der Waals surface area contributed by atoms with Crippen molar-refractivity contribution >= 4 is 16.9 Å². The van der Waals surface area contributed by atoms with E-state index in [0.717, 1.165) is 17.7 Å². The minimum Gasteiger partial charge on any atom is -0.366 e. The van der Waals surface area contributed by atoms with E-state index in [4.69, 9.17) is 5.73 Å². The fourth-order valence-electron chi connectivity index (χ4n) is 3.40. The van der Waals surface area contributed by atoms with Crippen LogP contribution < -0.4 is 5.73 Å². The van der Waals surface area contributed by atoms with Gasteiger partial charge in [0.15, 0.2) is 0 Å². The molecule has 2 aromatic carbocycles. The minimum absolute atomic E-state index is 0.452. The van der Waals surface area contributed by atoms with Crippen molar-refractivity contribution in [2.75, 3.05) is 13.1 Å². The van der Waals surface area contributed by atoms with E-state index in [-0.39, 0.29) is 0 Å². The summed E-state index contributed by atoms with van der Waals surface area (Å²) in [5, 5.41) is 0. The summed E-state index contributed by atoms with van der Waals surface area (Å²) in [4.78, 5) is 18.4. The smallest absolute Gasteiger partial charge is 0.250 e. The summed E-state index contributed by atoms with van der Waals surface area (Å²) in [5.74, 6) is -0.452. The number of hydrogen-bond donors (Lipinski definition) is 1. The lowest BCUT2D eigenvalue weighted by molar-refractivity contribution is 0.100. The van der Waals surface area contributed by atoms with Crippen LogP contribution in [0, 0.1) is 0 Å². The number of para-hydroxylation sites is 1. The topological polar surface area (TPSA) is 64.2 Å². The van der Waals surface area contributed by atoms with E-state index in [1.54, 1.807) is 12.4 Å². The number of imidazole rings is 1. The SMILES string of the molecule is NC(=O)c1cccc2c1ncn2-c1ccc(CN2CCCC2)cc1. The third kappa shape index (κ3) is 2.67. The monoisotopic (exact) mass is 320 g/mol. The zero-order valence-corrected chi connectivity index (χ0v) is 13.5. The van der Waals surface area contributed by atoms with E-state index < -0.39 is 5.91 Å². The number of carbonyl (C=O) groups is 1. The summed E-state index contributed by atoms with van der Waals surface area (Å²) in [6, 6.07) is 14.0. The predicted octanol–water partition coefficient (Wildman–Crippen LogP) is 2.72. The van der Waals surface area contributed by atoms with Crippen LogP contribution in [0.3, 0.4) is 0 Å². The summed E-state index contributed by atoms with van der Waals surface area (Å²) in [6.07, 6.45) is 4.36. The Labute approximate surface area is 140 Å². The van der Waals surface area contributed by atoms with Crippen LogP contribution in [-0.2, 0) is 6.54 Å². The average Bonchev–Trinajstić information content (AvgIpc) is 3.24. The molecule has 0 bridgehead atoms. The van der Waals surface area contributed by atoms with Gasteiger partial charge in [-0.3, -0.25) is 14.3 Å². The van der Waals surface area contributed by atoms with Gasteiger partial charge >= 0.3 is 0 Å². The largest absolute Gasteiger partial charge is 0.366 e. The molecule has 0 spiro atoms. The van der Waals surface area contributed by atoms with Crippen molar-refractivity contribution in [2.24, 2.45) is 5.73 Å². The minimum atomic E-state index is -0.452. The summed E-state index contributed by atoms with van der Waals surface area (Å²) in [5.41, 5.74) is 9.77. The number of nitrogens with two attached hydrogens (primary N) is 1. The number of amides is 1. The molecular formula is C19H20N4O. The van der Waals surface area contributed by atoms with E-state index in [1.165, 1.54) is 31.5 Å². The number of benzene rings is 2. The molecule has 122 valence electrons. The fraction of sp³-hybridized carbons (Fsp3) is 0.263. The highest BCUT2D eigenvalue weighted by atomic mass is 16.1. The molecule has 2 N–H and O–H groups in total. The number of carbonyl (C=O) groups excluding carboxylic acids is 1. The maximum Gasteiger partial charge on any atom is 0.250 e. The molecule has 1 fully saturated rings. The fourth-order valence-corrected chi connectivity index (χ4v) is 3.40. The number of aromatic nitrogens is 2. The van der Waals surface area contributed by atoms with Crippen molar-refractivity contribution in [1.82, 2.24) is 14.5 Å². The van der Waals surface area contributed by atoms with Gasteiger partial charge < -0.3 is 5.73 Å². The number of nitrogens with zero attached hydrogens (tertiary/aromatic N) is 3. The van der Waals surface area contributed by atoms with E-state index in [9.17, 15) is 4.79 Å². The Balaban J connectivity index is 1.65. The van der Waals surface area contributed by atoms with Crippen LogP contribution in [-0.4, -0.2) is 33.4 Å². The van der Waals surface area contributed by atoms with Gasteiger partial charge in [0.25, 0.3) is 5.91 Å². The number of likely N-dealkylation sites (tertiary alicyclic amines) is 1. The number of rotatable bonds is 4. The number of primary amides is 1. The molecule has 0 saturated carbocycles. The standard InChI is InChI=1S/C19H20N4O/c20-19(24)16-4-3-5-17-18(16)21-13-23(17)15-8-6-14(7-9-15)12-22-10-1-2-11-22/h3-9,13H,1-2,10-12H2,(H2,20,24). The summed E-state index contributed by atoms with van der Waals surface area (Å²) in [6.45, 7) is 3.41. The van der Waals surface area contributed by atoms with Crippen LogP contribution in [0.5, 0.6) is 0 Å². The zero-order chi connectivity index (χ0) is 16.5. The van der Waals surface area contributed by atoms with Crippen molar-refractivity contribution in [3.63, 3.8) is 0 Å². The first-order valence-corrected chi connectivity index (χ1v) is 8.30. The molecule has 1 aromatic heterocycles. The van der Waals surface area contributed by atoms with E-state index in [0.29, 0.717) is 11.1 Å². The van der Waals surface area contributed by atoms with Gasteiger partial charge in [0.05, 0.1) is 11.1 Å². The molecule has 1 saturated heterocycles. The maximum atomic E-state index is 11.5. The lowest BCUT2D eigenvalue weighted by Gasteiger charge is -2.15. The van der Waals surface area contributed by atoms with Crippen molar-refractivity contribution in [3.05, 3.63) is 59.9 Å². The van der Waals surface area contributed by atoms with Crippen LogP contribution in [0.1, 0.15) is 28.8 Å². The van der Waals surface area contributed by atoms with Crippen LogP contribution >= 0.6 is 0 Å². The summed E-state index contributed by atoms with van der Waals surface area (Å²) < 4.78 is 1.99. The molecule has 5 nitrogen and oxygen atoms in total. The highest BCUT2D eigenvalue weighted by Crippen LogP contribution is 2.22. The molecule has 24 heavy (non-hydrogen) atoms. The highest BCUT2D eigenvalue weighted by Gasteiger charge is 2.13. The van der Waals surface area contributed by atoms with Gasteiger partial charge in [0, 0.05) is 12.2 Å². The van der Waals surface area contributed by atoms with E-state index in [2.05, 4.69) is 34.1 Å². The van der Waals surface area contributed by atoms with Gasteiger partial charge in [-0.2, -0.15) is 0 Å². The molecule has 0 atom stereocenters. The van der Waals surface area contributed by atoms with Crippen molar-refractivity contribution < 1.29 is 4.79 Å². The molecular weight excluding hydrogens is 300 g/mol. The van der Waals surface area contributed by atoms with E-state index in [1.807, 2.05) is 16.7 Å². The molecule has 0 radical (unpaired) electrons. The Morgan fingerprint density at radius 2 is 1.83 bits per heavy atom. The molecule has 2 heterocycles. The molecule has 1 aliphatic heterocycles. The van der Waals surface area contributed by atoms with E-state index >= 15 is 0 Å². The second-order valence-corrected chi connectivity index (χ2v) is 6.30. The molecule has 3 aromatic rings. The lowest BCUT2D eigenvalue weighted by Crippen LogP contribution is -2.18. The van der Waals surface area contributed by atoms with Gasteiger partial charge in [0.1, 0.15) is 11.8 Å². The molecule has 0 aliphatic carbocycles. The first-order chi connectivity index (χ1) is 11.7. The highest BCUT2D eigenvalue weighted by molar-refractivity contribution is 6.04. The Morgan fingerprint density at radius 1 is 1.08 bits per heavy atom. The first kappa shape index (κ1) is 14.9. The predicted molar refractivity (Wildman–Crippen MR) is 94.1 cm³/mol. The Hall–Kier alpha value is -2.66. The Bertz CT molecular complexity index is 876. The second kappa shape index (κ2) is 6.09. The van der Waals surface area contributed by atoms with Gasteiger partial charge in [-0.15, -0.1) is 0 Å². The molecule has 4 rings (SSSR count). The molecule has 0 unspecified atom stereocenters. The second-order valence-electron chi connectivity index (χ2n) is 6.30. The lowest BCUT2D eigenvalue weighted by atomic mass is 10.1. The number of fused-ring (bicyclic) bond motifs is 1. The van der Waals surface area contributed by atoms with Gasteiger partial charge in [-0.1, -0.05) is 18.2 Å². The zero-order valence-electron chi connectivity index (χ0n) is 13.5. The van der Waals surface area contributed by atoms with Crippen LogP contribution in [0.2, 0.25) is 0 Å². The third-order valence-corrected chi connectivity index (χ3v) is 4.66. The van der Waals surface area contributed by atoms with Crippen molar-refractivity contribution in [1.29, 1.82) is 0 Å². The summed E-state index contributed by atoms with van der Waals surface area (Å²) >= 11 is 0. The van der Waals surface area contributed by atoms with Crippen LogP contribution in [0.15, 0.2) is 48.8 Å². The Morgan fingerprint density at radius 3 is 2.54 bits per heavy atom. The normalized spacial score (nSPS) is 15.2. The van der Waals surface area contributed by atoms with Gasteiger partial charge in [0.2, 0.25) is 0 Å². The molecule has 5 heteroatoms. The summed E-state index contributed by atoms with van der Waals surface area (Å²) in [7, 11) is 0. The quantitative estimate of drug-likeness (QED) is 0.804. The average molecular weight is 320 g/mol. The van der Waals surface area contributed by atoms with Gasteiger partial charge in [-0.05, 0) is 55.8 Å². The molecule has 1 amide bonds. The van der Waals surface area contributed by atoms with Crippen LogP contribution in [0.4, 0.5) is 0 Å². The Kier molecular flexibility index (Phi) is 3.78. The van der Waals surface area contributed by atoms with Crippen LogP contribution in [0.25, 0.3) is 16.7 Å². The first-order valence-electron chi connectivity index (χ1n) is 8.30. The van der Waals surface area contributed by atoms with Crippen molar-refractivity contribution in [3.8, 4) is 5.69 Å². The van der Waals surface area contributed by atoms with Crippen molar-refractivity contribution in [2.45, 2.75) is 19.4 Å².